The Kier molecular flexibility index (Phi) is 3.99. The quantitative estimate of drug-likeness (QED) is 0.940. The first-order valence-corrected chi connectivity index (χ1v) is 6.49. The van der Waals surface area contributed by atoms with E-state index in [1.54, 1.807) is 6.20 Å². The van der Waals surface area contributed by atoms with Crippen molar-refractivity contribution in [2.75, 3.05) is 0 Å². The molecular weight excluding hydrogens is 292 g/mol. The third-order valence-corrected chi connectivity index (χ3v) is 3.90. The molecule has 0 aliphatic heterocycles. The third-order valence-electron chi connectivity index (χ3n) is 2.65. The van der Waals surface area contributed by atoms with E-state index in [2.05, 4.69) is 20.9 Å². The normalized spacial score (nSPS) is 10.4. The van der Waals surface area contributed by atoms with Crippen molar-refractivity contribution in [2.45, 2.75) is 20.4 Å². The molecule has 2 N–H and O–H groups in total. The Morgan fingerprint density at radius 3 is 2.33 bits per heavy atom. The molecule has 0 aliphatic rings. The molecule has 0 saturated carbocycles. The molecule has 1 heterocycles. The maximum absolute atomic E-state index is 5.77. The summed E-state index contributed by atoms with van der Waals surface area (Å²) in [6.45, 7) is 4.52. The van der Waals surface area contributed by atoms with E-state index in [-0.39, 0.29) is 0 Å². The van der Waals surface area contributed by atoms with Gasteiger partial charge in [0.1, 0.15) is 11.5 Å². The predicted molar refractivity (Wildman–Crippen MR) is 75.8 cm³/mol. The summed E-state index contributed by atoms with van der Waals surface area (Å²) >= 11 is 3.54. The second-order valence-corrected chi connectivity index (χ2v) is 4.96. The van der Waals surface area contributed by atoms with Crippen LogP contribution in [0.15, 0.2) is 34.9 Å². The molecule has 0 saturated heterocycles. The minimum Gasteiger partial charge on any atom is -0.456 e. The largest absolute Gasteiger partial charge is 0.456 e. The zero-order valence-electron chi connectivity index (χ0n) is 10.4. The Labute approximate surface area is 115 Å². The minimum absolute atomic E-state index is 0.441. The van der Waals surface area contributed by atoms with Gasteiger partial charge in [-0.05, 0) is 49.2 Å². The van der Waals surface area contributed by atoms with Gasteiger partial charge in [-0.3, -0.25) is 4.98 Å². The van der Waals surface area contributed by atoms with Crippen LogP contribution >= 0.6 is 15.9 Å². The van der Waals surface area contributed by atoms with E-state index in [0.29, 0.717) is 12.3 Å². The van der Waals surface area contributed by atoms with Crippen LogP contribution in [0.5, 0.6) is 11.5 Å². The van der Waals surface area contributed by atoms with Crippen LogP contribution in [0.3, 0.4) is 0 Å². The van der Waals surface area contributed by atoms with Crippen molar-refractivity contribution in [2.24, 2.45) is 5.73 Å². The number of hydrogen-bond donors (Lipinski definition) is 1. The van der Waals surface area contributed by atoms with Crippen LogP contribution in [0.1, 0.15) is 16.8 Å². The number of halogens is 1. The lowest BCUT2D eigenvalue weighted by Gasteiger charge is -2.09. The van der Waals surface area contributed by atoms with Crippen molar-refractivity contribution >= 4 is 15.9 Å². The van der Waals surface area contributed by atoms with Crippen molar-refractivity contribution in [3.63, 3.8) is 0 Å². The van der Waals surface area contributed by atoms with Crippen LogP contribution in [0, 0.1) is 13.8 Å². The van der Waals surface area contributed by atoms with Gasteiger partial charge in [-0.25, -0.2) is 0 Å². The highest BCUT2D eigenvalue weighted by molar-refractivity contribution is 9.10. The maximum atomic E-state index is 5.77. The molecular formula is C14H15BrN2O. The molecule has 3 nitrogen and oxygen atoms in total. The average molecular weight is 307 g/mol. The summed E-state index contributed by atoms with van der Waals surface area (Å²) in [5.74, 6) is 1.53. The molecule has 0 amide bonds. The summed E-state index contributed by atoms with van der Waals surface area (Å²) in [7, 11) is 0. The number of hydrogen-bond acceptors (Lipinski definition) is 3. The summed E-state index contributed by atoms with van der Waals surface area (Å²) in [6, 6.07) is 7.73. The van der Waals surface area contributed by atoms with Crippen LogP contribution in [-0.2, 0) is 6.54 Å². The summed E-state index contributed by atoms with van der Waals surface area (Å²) in [5.41, 5.74) is 8.65. The lowest BCUT2D eigenvalue weighted by atomic mass is 10.1. The molecule has 2 aromatic rings. The molecule has 0 atom stereocenters. The van der Waals surface area contributed by atoms with E-state index in [0.717, 1.165) is 27.0 Å². The topological polar surface area (TPSA) is 48.1 Å². The number of nitrogens with zero attached hydrogens (tertiary/aromatic N) is 1. The van der Waals surface area contributed by atoms with E-state index in [9.17, 15) is 0 Å². The highest BCUT2D eigenvalue weighted by atomic mass is 79.9. The van der Waals surface area contributed by atoms with Gasteiger partial charge in [0, 0.05) is 11.0 Å². The first-order chi connectivity index (χ1) is 8.60. The van der Waals surface area contributed by atoms with Crippen molar-refractivity contribution in [1.82, 2.24) is 4.98 Å². The monoisotopic (exact) mass is 306 g/mol. The fraction of sp³-hybridized carbons (Fsp3) is 0.214. The van der Waals surface area contributed by atoms with E-state index in [1.807, 2.05) is 38.1 Å². The Morgan fingerprint density at radius 2 is 1.83 bits per heavy atom. The van der Waals surface area contributed by atoms with Gasteiger partial charge < -0.3 is 10.5 Å². The van der Waals surface area contributed by atoms with Crippen molar-refractivity contribution < 1.29 is 4.74 Å². The molecule has 0 fully saturated rings. The molecule has 2 rings (SSSR count). The third kappa shape index (κ3) is 2.89. The molecule has 0 aliphatic carbocycles. The van der Waals surface area contributed by atoms with Crippen LogP contribution in [-0.4, -0.2) is 4.98 Å². The molecule has 94 valence electrons. The van der Waals surface area contributed by atoms with Gasteiger partial charge in [-0.1, -0.05) is 15.9 Å². The number of aryl methyl sites for hydroxylation is 2. The SMILES string of the molecule is Cc1cc(Oc2ccc(CN)nc2)cc(C)c1Br. The lowest BCUT2D eigenvalue weighted by Crippen LogP contribution is -1.98. The number of rotatable bonds is 3. The van der Waals surface area contributed by atoms with Gasteiger partial charge in [-0.15, -0.1) is 0 Å². The number of benzene rings is 1. The van der Waals surface area contributed by atoms with Gasteiger partial charge in [-0.2, -0.15) is 0 Å². The van der Waals surface area contributed by atoms with Gasteiger partial charge in [0.25, 0.3) is 0 Å². The molecule has 4 heteroatoms. The first-order valence-electron chi connectivity index (χ1n) is 5.69. The van der Waals surface area contributed by atoms with Crippen molar-refractivity contribution in [3.05, 3.63) is 51.8 Å². The first kappa shape index (κ1) is 13.1. The molecule has 1 aromatic carbocycles. The van der Waals surface area contributed by atoms with Gasteiger partial charge in [0.05, 0.1) is 11.9 Å². The predicted octanol–water partition coefficient (Wildman–Crippen LogP) is 3.71. The van der Waals surface area contributed by atoms with E-state index in [1.165, 1.54) is 0 Å². The summed E-state index contributed by atoms with van der Waals surface area (Å²) in [6.07, 6.45) is 1.69. The van der Waals surface area contributed by atoms with Gasteiger partial charge in [0.2, 0.25) is 0 Å². The molecule has 0 radical (unpaired) electrons. The average Bonchev–Trinajstić information content (AvgIpc) is 2.37. The molecule has 0 unspecified atom stereocenters. The molecule has 1 aromatic heterocycles. The maximum Gasteiger partial charge on any atom is 0.145 e. The van der Waals surface area contributed by atoms with E-state index >= 15 is 0 Å². The van der Waals surface area contributed by atoms with Crippen LogP contribution < -0.4 is 10.5 Å². The number of pyridine rings is 1. The summed E-state index contributed by atoms with van der Waals surface area (Å²) < 4.78 is 6.89. The molecule has 0 bridgehead atoms. The smallest absolute Gasteiger partial charge is 0.145 e. The highest BCUT2D eigenvalue weighted by Gasteiger charge is 2.04. The van der Waals surface area contributed by atoms with E-state index in [4.69, 9.17) is 10.5 Å². The van der Waals surface area contributed by atoms with Gasteiger partial charge in [0.15, 0.2) is 0 Å². The second kappa shape index (κ2) is 5.50. The second-order valence-electron chi connectivity index (χ2n) is 4.16. The standard InChI is InChI=1S/C14H15BrN2O/c1-9-5-13(6-10(2)14(9)15)18-12-4-3-11(7-16)17-8-12/h3-6,8H,7,16H2,1-2H3. The summed E-state index contributed by atoms with van der Waals surface area (Å²) in [4.78, 5) is 4.20. The van der Waals surface area contributed by atoms with Gasteiger partial charge >= 0.3 is 0 Å². The highest BCUT2D eigenvalue weighted by Crippen LogP contribution is 2.29. The molecule has 0 spiro atoms. The van der Waals surface area contributed by atoms with Crippen LogP contribution in [0.4, 0.5) is 0 Å². The Bertz CT molecular complexity index is 529. The lowest BCUT2D eigenvalue weighted by molar-refractivity contribution is 0.479. The Hall–Kier alpha value is -1.39. The van der Waals surface area contributed by atoms with Crippen molar-refractivity contribution in [3.8, 4) is 11.5 Å². The van der Waals surface area contributed by atoms with Crippen molar-refractivity contribution in [1.29, 1.82) is 0 Å². The Balaban J connectivity index is 2.23. The zero-order chi connectivity index (χ0) is 13.1. The van der Waals surface area contributed by atoms with Crippen LogP contribution in [0.2, 0.25) is 0 Å². The van der Waals surface area contributed by atoms with E-state index < -0.39 is 0 Å². The number of nitrogens with two attached hydrogens (primary N) is 1. The fourth-order valence-corrected chi connectivity index (χ4v) is 1.92. The minimum atomic E-state index is 0.441. The Morgan fingerprint density at radius 1 is 1.17 bits per heavy atom. The molecule has 18 heavy (non-hydrogen) atoms. The number of ether oxygens (including phenoxy) is 1. The number of aromatic nitrogens is 1. The summed E-state index contributed by atoms with van der Waals surface area (Å²) in [5, 5.41) is 0. The fourth-order valence-electron chi connectivity index (χ4n) is 1.69. The zero-order valence-corrected chi connectivity index (χ0v) is 12.0. The van der Waals surface area contributed by atoms with Crippen LogP contribution in [0.25, 0.3) is 0 Å².